The predicted molar refractivity (Wildman–Crippen MR) is 92.1 cm³/mol. The second-order valence-corrected chi connectivity index (χ2v) is 7.24. The van der Waals surface area contributed by atoms with Crippen LogP contribution in [0.15, 0.2) is 24.3 Å². The van der Waals surface area contributed by atoms with E-state index in [-0.39, 0.29) is 0 Å². The second kappa shape index (κ2) is 8.17. The van der Waals surface area contributed by atoms with E-state index in [4.69, 9.17) is 11.6 Å². The molecule has 0 aromatic heterocycles. The first-order valence-electron chi connectivity index (χ1n) is 8.26. The van der Waals surface area contributed by atoms with E-state index < -0.39 is 0 Å². The fourth-order valence-electron chi connectivity index (χ4n) is 3.25. The number of hydrogen-bond acceptors (Lipinski definition) is 2. The molecular weight excluding hydrogens is 280 g/mol. The van der Waals surface area contributed by atoms with Gasteiger partial charge in [-0.25, -0.2) is 0 Å². The van der Waals surface area contributed by atoms with Gasteiger partial charge in [-0.15, -0.1) is 0 Å². The zero-order chi connectivity index (χ0) is 15.2. The van der Waals surface area contributed by atoms with E-state index in [0.717, 1.165) is 17.4 Å². The van der Waals surface area contributed by atoms with Crippen LogP contribution < -0.4 is 5.32 Å². The third kappa shape index (κ3) is 5.61. The Morgan fingerprint density at radius 1 is 1.19 bits per heavy atom. The van der Waals surface area contributed by atoms with Crippen LogP contribution in [0.2, 0.25) is 5.02 Å². The molecule has 2 nitrogen and oxygen atoms in total. The van der Waals surface area contributed by atoms with Crippen LogP contribution in [-0.2, 0) is 6.42 Å². The average molecular weight is 309 g/mol. The molecule has 1 aromatic rings. The molecule has 1 N–H and O–H groups in total. The molecule has 0 spiro atoms. The number of halogens is 1. The van der Waals surface area contributed by atoms with Gasteiger partial charge in [0.2, 0.25) is 0 Å². The number of nitrogens with one attached hydrogen (secondary N) is 1. The maximum atomic E-state index is 6.24. The van der Waals surface area contributed by atoms with Crippen molar-refractivity contribution in [3.05, 3.63) is 34.9 Å². The monoisotopic (exact) mass is 308 g/mol. The highest BCUT2D eigenvalue weighted by Gasteiger charge is 2.20. The summed E-state index contributed by atoms with van der Waals surface area (Å²) in [4.78, 5) is 2.60. The standard InChI is InChI=1S/C18H29ClN2/c1-14(2)13-21-10-8-17(9-11-21)20-15(3)12-16-6-4-5-7-18(16)19/h4-7,14-15,17,20H,8-13H2,1-3H3. The maximum Gasteiger partial charge on any atom is 0.0438 e. The topological polar surface area (TPSA) is 15.3 Å². The number of nitrogens with zero attached hydrogens (tertiary/aromatic N) is 1. The van der Waals surface area contributed by atoms with Crippen molar-refractivity contribution in [2.45, 2.75) is 52.1 Å². The number of likely N-dealkylation sites (tertiary alicyclic amines) is 1. The maximum absolute atomic E-state index is 6.24. The van der Waals surface area contributed by atoms with Gasteiger partial charge in [0.05, 0.1) is 0 Å². The number of hydrogen-bond donors (Lipinski definition) is 1. The van der Waals surface area contributed by atoms with Gasteiger partial charge in [0, 0.05) is 23.7 Å². The minimum absolute atomic E-state index is 0.478. The molecule has 0 bridgehead atoms. The molecule has 118 valence electrons. The Kier molecular flexibility index (Phi) is 6.53. The van der Waals surface area contributed by atoms with E-state index in [9.17, 15) is 0 Å². The van der Waals surface area contributed by atoms with Gasteiger partial charge in [-0.3, -0.25) is 0 Å². The third-order valence-corrected chi connectivity index (χ3v) is 4.58. The minimum Gasteiger partial charge on any atom is -0.311 e. The highest BCUT2D eigenvalue weighted by molar-refractivity contribution is 6.31. The van der Waals surface area contributed by atoms with Crippen molar-refractivity contribution in [1.29, 1.82) is 0 Å². The molecule has 0 aliphatic carbocycles. The van der Waals surface area contributed by atoms with Crippen LogP contribution in [0.1, 0.15) is 39.2 Å². The van der Waals surface area contributed by atoms with Crippen LogP contribution in [-0.4, -0.2) is 36.6 Å². The highest BCUT2D eigenvalue weighted by Crippen LogP contribution is 2.18. The zero-order valence-corrected chi connectivity index (χ0v) is 14.4. The smallest absolute Gasteiger partial charge is 0.0438 e. The second-order valence-electron chi connectivity index (χ2n) is 6.83. The van der Waals surface area contributed by atoms with Crippen LogP contribution >= 0.6 is 11.6 Å². The Bertz CT molecular complexity index is 425. The average Bonchev–Trinajstić information content (AvgIpc) is 2.43. The lowest BCUT2D eigenvalue weighted by atomic mass is 10.0. The summed E-state index contributed by atoms with van der Waals surface area (Å²) >= 11 is 6.24. The van der Waals surface area contributed by atoms with Crippen LogP contribution in [0.4, 0.5) is 0 Å². The predicted octanol–water partition coefficient (Wildman–Crippen LogP) is 3.98. The number of piperidine rings is 1. The first kappa shape index (κ1) is 16.8. The summed E-state index contributed by atoms with van der Waals surface area (Å²) in [6.07, 6.45) is 3.53. The third-order valence-electron chi connectivity index (χ3n) is 4.22. The molecule has 1 unspecified atom stereocenters. The van der Waals surface area contributed by atoms with Crippen molar-refractivity contribution in [3.63, 3.8) is 0 Å². The van der Waals surface area contributed by atoms with Gasteiger partial charge in [-0.05, 0) is 56.8 Å². The molecule has 1 fully saturated rings. The van der Waals surface area contributed by atoms with E-state index in [2.05, 4.69) is 43.1 Å². The van der Waals surface area contributed by atoms with Crippen LogP contribution in [0.5, 0.6) is 0 Å². The van der Waals surface area contributed by atoms with Gasteiger partial charge in [-0.1, -0.05) is 43.6 Å². The normalized spacial score (nSPS) is 19.1. The molecule has 0 saturated carbocycles. The van der Waals surface area contributed by atoms with Gasteiger partial charge in [0.15, 0.2) is 0 Å². The van der Waals surface area contributed by atoms with Crippen molar-refractivity contribution in [1.82, 2.24) is 10.2 Å². The van der Waals surface area contributed by atoms with Gasteiger partial charge >= 0.3 is 0 Å². The fraction of sp³-hybridized carbons (Fsp3) is 0.667. The molecule has 3 heteroatoms. The SMILES string of the molecule is CC(C)CN1CCC(NC(C)Cc2ccccc2Cl)CC1. The van der Waals surface area contributed by atoms with Crippen LogP contribution in [0.3, 0.4) is 0 Å². The zero-order valence-electron chi connectivity index (χ0n) is 13.6. The van der Waals surface area contributed by atoms with E-state index >= 15 is 0 Å². The minimum atomic E-state index is 0.478. The summed E-state index contributed by atoms with van der Waals surface area (Å²) in [6, 6.07) is 9.31. The van der Waals surface area contributed by atoms with Crippen molar-refractivity contribution >= 4 is 11.6 Å². The highest BCUT2D eigenvalue weighted by atomic mass is 35.5. The van der Waals surface area contributed by atoms with Crippen molar-refractivity contribution in [2.24, 2.45) is 5.92 Å². The lowest BCUT2D eigenvalue weighted by Gasteiger charge is -2.34. The Balaban J connectivity index is 1.74. The van der Waals surface area contributed by atoms with Crippen molar-refractivity contribution < 1.29 is 0 Å². The van der Waals surface area contributed by atoms with Crippen LogP contribution in [0.25, 0.3) is 0 Å². The molecule has 2 rings (SSSR count). The Hall–Kier alpha value is -0.570. The van der Waals surface area contributed by atoms with E-state index in [0.29, 0.717) is 12.1 Å². The van der Waals surface area contributed by atoms with E-state index in [1.165, 1.54) is 38.0 Å². The molecule has 0 amide bonds. The van der Waals surface area contributed by atoms with E-state index in [1.807, 2.05) is 12.1 Å². The quantitative estimate of drug-likeness (QED) is 0.855. The van der Waals surface area contributed by atoms with E-state index in [1.54, 1.807) is 0 Å². The summed E-state index contributed by atoms with van der Waals surface area (Å²) in [5, 5.41) is 4.67. The fourth-order valence-corrected chi connectivity index (χ4v) is 3.47. The molecular formula is C18H29ClN2. The summed E-state index contributed by atoms with van der Waals surface area (Å²) in [5.41, 5.74) is 1.25. The summed E-state index contributed by atoms with van der Waals surface area (Å²) in [5.74, 6) is 0.772. The summed E-state index contributed by atoms with van der Waals surface area (Å²) < 4.78 is 0. The van der Waals surface area contributed by atoms with Crippen molar-refractivity contribution in [3.8, 4) is 0 Å². The Morgan fingerprint density at radius 3 is 2.48 bits per heavy atom. The summed E-state index contributed by atoms with van der Waals surface area (Å²) in [7, 11) is 0. The van der Waals surface area contributed by atoms with Gasteiger partial charge < -0.3 is 10.2 Å². The van der Waals surface area contributed by atoms with Crippen LogP contribution in [0, 0.1) is 5.92 Å². The van der Waals surface area contributed by atoms with Gasteiger partial charge in [-0.2, -0.15) is 0 Å². The summed E-state index contributed by atoms with van der Waals surface area (Å²) in [6.45, 7) is 10.6. The first-order chi connectivity index (χ1) is 10.0. The van der Waals surface area contributed by atoms with Gasteiger partial charge in [0.25, 0.3) is 0 Å². The molecule has 1 heterocycles. The van der Waals surface area contributed by atoms with Gasteiger partial charge in [0.1, 0.15) is 0 Å². The first-order valence-corrected chi connectivity index (χ1v) is 8.64. The molecule has 0 radical (unpaired) electrons. The lowest BCUT2D eigenvalue weighted by molar-refractivity contribution is 0.175. The molecule has 1 aliphatic rings. The molecule has 1 saturated heterocycles. The molecule has 1 atom stereocenters. The largest absolute Gasteiger partial charge is 0.311 e. The van der Waals surface area contributed by atoms with Crippen molar-refractivity contribution in [2.75, 3.05) is 19.6 Å². The molecule has 1 aromatic carbocycles. The molecule has 1 aliphatic heterocycles. The molecule has 21 heavy (non-hydrogen) atoms. The number of rotatable bonds is 6. The number of benzene rings is 1. The Labute approximate surface area is 134 Å². The lowest BCUT2D eigenvalue weighted by Crippen LogP contribution is -2.46. The Morgan fingerprint density at radius 2 is 1.86 bits per heavy atom.